The lowest BCUT2D eigenvalue weighted by atomic mass is 10.1. The van der Waals surface area contributed by atoms with Gasteiger partial charge in [-0.05, 0) is 18.2 Å². The standard InChI is InChI=1S/C18H13ClN2O/c1-21-16-9-5-3-6-11(16)13-10-15(20-17(13)18(21)22)12-7-2-4-8-14(12)19/h2-10,20H,1H3. The van der Waals surface area contributed by atoms with Crippen LogP contribution < -0.4 is 5.56 Å². The number of nitrogens with one attached hydrogen (secondary N) is 1. The highest BCUT2D eigenvalue weighted by atomic mass is 35.5. The van der Waals surface area contributed by atoms with E-state index in [1.54, 1.807) is 11.6 Å². The number of para-hydroxylation sites is 1. The normalized spacial score (nSPS) is 11.4. The Hall–Kier alpha value is -2.52. The second kappa shape index (κ2) is 4.75. The fourth-order valence-electron chi connectivity index (χ4n) is 2.93. The summed E-state index contributed by atoms with van der Waals surface area (Å²) in [7, 11) is 1.79. The molecule has 0 saturated heterocycles. The SMILES string of the molecule is Cn1c(=O)c2[nH]c(-c3ccccc3Cl)cc2c2ccccc21. The van der Waals surface area contributed by atoms with Gasteiger partial charge in [-0.15, -0.1) is 0 Å². The second-order valence-corrected chi connectivity index (χ2v) is 5.74. The van der Waals surface area contributed by atoms with Crippen LogP contribution in [0.1, 0.15) is 0 Å². The minimum atomic E-state index is -0.0352. The number of pyridine rings is 1. The number of hydrogen-bond acceptors (Lipinski definition) is 1. The number of aromatic amines is 1. The summed E-state index contributed by atoms with van der Waals surface area (Å²) in [6, 6.07) is 17.5. The van der Waals surface area contributed by atoms with Crippen molar-refractivity contribution in [3.05, 3.63) is 70.0 Å². The smallest absolute Gasteiger partial charge is 0.275 e. The number of fused-ring (bicyclic) bond motifs is 3. The van der Waals surface area contributed by atoms with Gasteiger partial charge in [0.2, 0.25) is 0 Å². The van der Waals surface area contributed by atoms with Gasteiger partial charge in [-0.25, -0.2) is 0 Å². The Bertz CT molecular complexity index is 1080. The molecule has 4 rings (SSSR count). The van der Waals surface area contributed by atoms with E-state index >= 15 is 0 Å². The first-order chi connectivity index (χ1) is 10.7. The van der Waals surface area contributed by atoms with Gasteiger partial charge in [0.1, 0.15) is 5.52 Å². The third-order valence-corrected chi connectivity index (χ3v) is 4.39. The van der Waals surface area contributed by atoms with Gasteiger partial charge >= 0.3 is 0 Å². The minimum absolute atomic E-state index is 0.0352. The van der Waals surface area contributed by atoms with Crippen molar-refractivity contribution in [1.82, 2.24) is 9.55 Å². The molecule has 0 saturated carbocycles. The average molecular weight is 309 g/mol. The van der Waals surface area contributed by atoms with Crippen LogP contribution in [0.25, 0.3) is 33.1 Å². The molecule has 3 nitrogen and oxygen atoms in total. The Balaban J connectivity index is 2.15. The van der Waals surface area contributed by atoms with E-state index < -0.39 is 0 Å². The molecule has 0 bridgehead atoms. The Kier molecular flexibility index (Phi) is 2.84. The van der Waals surface area contributed by atoms with Crippen molar-refractivity contribution in [3.8, 4) is 11.3 Å². The van der Waals surface area contributed by atoms with Crippen molar-refractivity contribution in [2.75, 3.05) is 0 Å². The van der Waals surface area contributed by atoms with Crippen LogP contribution in [0.2, 0.25) is 5.02 Å². The van der Waals surface area contributed by atoms with Crippen molar-refractivity contribution in [2.24, 2.45) is 7.05 Å². The predicted molar refractivity (Wildman–Crippen MR) is 91.5 cm³/mol. The monoisotopic (exact) mass is 308 g/mol. The van der Waals surface area contributed by atoms with Gasteiger partial charge in [-0.1, -0.05) is 48.0 Å². The summed E-state index contributed by atoms with van der Waals surface area (Å²) in [4.78, 5) is 15.8. The van der Waals surface area contributed by atoms with Crippen molar-refractivity contribution in [1.29, 1.82) is 0 Å². The number of halogens is 1. The number of aromatic nitrogens is 2. The van der Waals surface area contributed by atoms with Crippen LogP contribution in [-0.2, 0) is 7.05 Å². The molecule has 0 spiro atoms. The number of nitrogens with zero attached hydrogens (tertiary/aromatic N) is 1. The molecular weight excluding hydrogens is 296 g/mol. The van der Waals surface area contributed by atoms with Crippen molar-refractivity contribution >= 4 is 33.4 Å². The van der Waals surface area contributed by atoms with Crippen molar-refractivity contribution < 1.29 is 0 Å². The summed E-state index contributed by atoms with van der Waals surface area (Å²) in [5.74, 6) is 0. The average Bonchev–Trinajstić information content (AvgIpc) is 2.98. The predicted octanol–water partition coefficient (Wildman–Crippen LogP) is 4.34. The lowest BCUT2D eigenvalue weighted by molar-refractivity contribution is 0.915. The molecule has 2 aromatic heterocycles. The van der Waals surface area contributed by atoms with Gasteiger partial charge in [0.25, 0.3) is 5.56 Å². The van der Waals surface area contributed by atoms with E-state index in [-0.39, 0.29) is 5.56 Å². The summed E-state index contributed by atoms with van der Waals surface area (Å²) in [6.45, 7) is 0. The first-order valence-electron chi connectivity index (χ1n) is 7.02. The van der Waals surface area contributed by atoms with Gasteiger partial charge in [0.05, 0.1) is 5.52 Å². The van der Waals surface area contributed by atoms with Crippen LogP contribution in [0.3, 0.4) is 0 Å². The number of rotatable bonds is 1. The molecule has 0 atom stereocenters. The summed E-state index contributed by atoms with van der Waals surface area (Å²) >= 11 is 6.27. The largest absolute Gasteiger partial charge is 0.350 e. The Labute approximate surface area is 131 Å². The van der Waals surface area contributed by atoms with E-state index in [9.17, 15) is 4.79 Å². The van der Waals surface area contributed by atoms with Crippen LogP contribution in [0.4, 0.5) is 0 Å². The summed E-state index contributed by atoms with van der Waals surface area (Å²) < 4.78 is 1.67. The van der Waals surface area contributed by atoms with Gasteiger partial charge < -0.3 is 9.55 Å². The van der Waals surface area contributed by atoms with Gasteiger partial charge in [0.15, 0.2) is 0 Å². The second-order valence-electron chi connectivity index (χ2n) is 5.33. The third kappa shape index (κ3) is 1.79. The van der Waals surface area contributed by atoms with E-state index in [0.29, 0.717) is 10.5 Å². The van der Waals surface area contributed by atoms with Gasteiger partial charge in [-0.2, -0.15) is 0 Å². The van der Waals surface area contributed by atoms with Crippen LogP contribution in [0.5, 0.6) is 0 Å². The quantitative estimate of drug-likeness (QED) is 0.558. The third-order valence-electron chi connectivity index (χ3n) is 4.06. The van der Waals surface area contributed by atoms with Crippen molar-refractivity contribution in [3.63, 3.8) is 0 Å². The molecule has 2 heterocycles. The Morgan fingerprint density at radius 2 is 1.73 bits per heavy atom. The maximum atomic E-state index is 12.6. The number of hydrogen-bond donors (Lipinski definition) is 1. The molecule has 2 aromatic carbocycles. The van der Waals surface area contributed by atoms with Crippen LogP contribution >= 0.6 is 11.6 Å². The number of H-pyrrole nitrogens is 1. The summed E-state index contributed by atoms with van der Waals surface area (Å²) in [5, 5.41) is 2.64. The molecule has 0 aliphatic heterocycles. The topological polar surface area (TPSA) is 37.8 Å². The fraction of sp³-hybridized carbons (Fsp3) is 0.0556. The molecule has 4 heteroatoms. The maximum Gasteiger partial charge on any atom is 0.275 e. The molecule has 4 aromatic rings. The van der Waals surface area contributed by atoms with E-state index in [0.717, 1.165) is 27.5 Å². The molecular formula is C18H13ClN2O. The number of benzene rings is 2. The van der Waals surface area contributed by atoms with Crippen LogP contribution in [0.15, 0.2) is 59.4 Å². The molecule has 1 N–H and O–H groups in total. The van der Waals surface area contributed by atoms with Gasteiger partial charge in [-0.3, -0.25) is 4.79 Å². The molecule has 0 aliphatic rings. The lowest BCUT2D eigenvalue weighted by Crippen LogP contribution is -2.17. The highest BCUT2D eigenvalue weighted by Crippen LogP contribution is 2.31. The molecule has 0 fully saturated rings. The minimum Gasteiger partial charge on any atom is -0.350 e. The Morgan fingerprint density at radius 1 is 1.00 bits per heavy atom. The first kappa shape index (κ1) is 13.2. The van der Waals surface area contributed by atoms with E-state index in [2.05, 4.69) is 4.98 Å². The van der Waals surface area contributed by atoms with Gasteiger partial charge in [0, 0.05) is 34.1 Å². The van der Waals surface area contributed by atoms with Crippen LogP contribution in [0, 0.1) is 0 Å². The highest BCUT2D eigenvalue weighted by Gasteiger charge is 2.13. The molecule has 0 unspecified atom stereocenters. The first-order valence-corrected chi connectivity index (χ1v) is 7.40. The van der Waals surface area contributed by atoms with Crippen LogP contribution in [-0.4, -0.2) is 9.55 Å². The maximum absolute atomic E-state index is 12.6. The molecule has 108 valence electrons. The van der Waals surface area contributed by atoms with E-state index in [4.69, 9.17) is 11.6 Å². The molecule has 22 heavy (non-hydrogen) atoms. The molecule has 0 aliphatic carbocycles. The zero-order valence-electron chi connectivity index (χ0n) is 11.9. The zero-order chi connectivity index (χ0) is 15.3. The highest BCUT2D eigenvalue weighted by molar-refractivity contribution is 6.33. The lowest BCUT2D eigenvalue weighted by Gasteiger charge is -2.05. The fourth-order valence-corrected chi connectivity index (χ4v) is 3.17. The summed E-state index contributed by atoms with van der Waals surface area (Å²) in [5.41, 5.74) is 3.24. The Morgan fingerprint density at radius 3 is 2.55 bits per heavy atom. The van der Waals surface area contributed by atoms with E-state index in [1.807, 2.05) is 54.6 Å². The summed E-state index contributed by atoms with van der Waals surface area (Å²) in [6.07, 6.45) is 0. The zero-order valence-corrected chi connectivity index (χ0v) is 12.7. The number of aryl methyl sites for hydroxylation is 1. The molecule has 0 amide bonds. The van der Waals surface area contributed by atoms with Crippen molar-refractivity contribution in [2.45, 2.75) is 0 Å². The molecule has 0 radical (unpaired) electrons. The van der Waals surface area contributed by atoms with E-state index in [1.165, 1.54) is 0 Å².